The lowest BCUT2D eigenvalue weighted by molar-refractivity contribution is -0.0803. The molecule has 15 heterocycles. The van der Waals surface area contributed by atoms with Crippen molar-refractivity contribution in [2.24, 2.45) is 95.4 Å². The lowest BCUT2D eigenvalue weighted by atomic mass is 9.90. The minimum absolute atomic E-state index is 0.0734. The molecule has 7 aromatic rings. The number of aromatic nitrogens is 8. The van der Waals surface area contributed by atoms with Crippen LogP contribution in [0.15, 0.2) is 140 Å². The standard InChI is InChI=1S/C22H23N5O5.C19H23N5O5.2C17H27N7O4.C15H25N7O4/c23-19-16-20(27(11-24-16)21-18(30)17(29)15(10-28)32-21)26-22(25-19)31-8-7-12-5-6-13-3-1-2-4-14(13)9-12;1-10-2-4-11(5-3-10)6-7-28-19-22-16(20)13-17(23-19)24(9-21-13)18-15(27)14(26)12(8-25)29-18;2*18-14-11-15(22-17(21-14)23-20-6-9-4-2-1-3-5-9)24(8-19-11)16-13(27)12(26)10(7-25)28-16;1-7(2)3-4-18-21-15-19-12(16)9-13(20-15)22(6-17-9)14-11(25)10(24)8(5-23)26-14/h1-6,9,11,15,17-18,21,28-30H,7-8,10H2,(H2,23,25,26);2-5,9,12,14-15,18,25-27H,6-8H2,1H3,(H2,20,22,23);2*6,8-13,15-16,25-27H,1-5,7H2,(H3,18,21,22,23);4,6-11,13-14,23-25H,3,5H2,1-2H3,(H3,16,19,20,21)/b;;2*20-6-;18-4-/t15?,17-,18-,21?;12?,14-,15-,18?;2*10?,11?,12-,13-,15?,16?;8?,9?,10-,11-,13?,14?/m11111/s1. The number of hydrazone groups is 1. The van der Waals surface area contributed by atoms with E-state index in [0.717, 1.165) is 48.6 Å². The molecule has 11 aliphatic heterocycles. The molecule has 5 saturated heterocycles. The fourth-order valence-corrected chi connectivity index (χ4v) is 18.3. The topological polar surface area (TPSA) is 779 Å². The molecule has 0 amide bonds. The van der Waals surface area contributed by atoms with Crippen molar-refractivity contribution in [1.82, 2.24) is 69.8 Å². The van der Waals surface area contributed by atoms with E-state index in [0.29, 0.717) is 66.1 Å². The van der Waals surface area contributed by atoms with Crippen molar-refractivity contribution in [2.45, 2.75) is 264 Å². The summed E-state index contributed by atoms with van der Waals surface area (Å²) in [6, 6.07) is 21.2. The van der Waals surface area contributed by atoms with Crippen molar-refractivity contribution in [2.75, 3.05) is 57.7 Å². The van der Waals surface area contributed by atoms with Crippen molar-refractivity contribution in [3.8, 4) is 12.0 Å². The van der Waals surface area contributed by atoms with Crippen LogP contribution in [-0.2, 0) is 36.5 Å². The summed E-state index contributed by atoms with van der Waals surface area (Å²) in [4.78, 5) is 60.1. The number of nitrogens with two attached hydrogens (primary N) is 5. The van der Waals surface area contributed by atoms with Crippen molar-refractivity contribution in [3.05, 3.63) is 96.1 Å². The Morgan fingerprint density at radius 2 is 0.867 bits per heavy atom. The molecule has 20 rings (SSSR count). The molecule has 7 fully saturated rings. The van der Waals surface area contributed by atoms with Crippen molar-refractivity contribution >= 4 is 118 Å². The Bertz CT molecular complexity index is 5750. The second-order valence-electron chi connectivity index (χ2n) is 36.8. The molecule has 4 aromatic heterocycles. The third kappa shape index (κ3) is 23.5. The average molecular weight is 1990 g/mol. The molecule has 2 aliphatic carbocycles. The van der Waals surface area contributed by atoms with Gasteiger partial charge in [-0.1, -0.05) is 125 Å². The fraction of sp³-hybridized carbons (Fsp3) is 0.578. The molecule has 3 aromatic carbocycles. The highest BCUT2D eigenvalue weighted by molar-refractivity contribution is 6.04. The zero-order valence-corrected chi connectivity index (χ0v) is 78.6. The number of hydrogen-bond acceptors (Lipinski definition) is 47. The van der Waals surface area contributed by atoms with Gasteiger partial charge in [-0.05, 0) is 78.7 Å². The number of nitrogens with one attached hydrogen (secondary N) is 3. The van der Waals surface area contributed by atoms with Gasteiger partial charge in [-0.2, -0.15) is 50.2 Å². The number of benzene rings is 3. The molecular formula is C90H125N31O22. The maximum atomic E-state index is 10.3. The zero-order valence-electron chi connectivity index (χ0n) is 78.6. The number of rotatable bonds is 25. The van der Waals surface area contributed by atoms with Crippen LogP contribution in [0.5, 0.6) is 12.0 Å². The largest absolute Gasteiger partial charge is 0.463 e. The van der Waals surface area contributed by atoms with Gasteiger partial charge in [0, 0.05) is 31.5 Å². The number of anilines is 2. The highest BCUT2D eigenvalue weighted by Gasteiger charge is 2.55. The van der Waals surface area contributed by atoms with E-state index in [1.807, 2.05) is 55.8 Å². The van der Waals surface area contributed by atoms with Crippen LogP contribution in [0.25, 0.3) is 33.1 Å². The van der Waals surface area contributed by atoms with Crippen LogP contribution in [0.4, 0.5) is 11.6 Å². The van der Waals surface area contributed by atoms with E-state index in [9.17, 15) is 76.6 Å². The van der Waals surface area contributed by atoms with Crippen LogP contribution in [0.3, 0.4) is 0 Å². The lowest BCUT2D eigenvalue weighted by Crippen LogP contribution is -2.61. The van der Waals surface area contributed by atoms with Gasteiger partial charge in [0.2, 0.25) is 17.9 Å². The highest BCUT2D eigenvalue weighted by atomic mass is 16.6. The molecule has 0 bridgehead atoms. The third-order valence-electron chi connectivity index (χ3n) is 26.4. The summed E-state index contributed by atoms with van der Waals surface area (Å²) in [5.74, 6) is 3.19. The number of guanidine groups is 3. The van der Waals surface area contributed by atoms with Gasteiger partial charge in [0.15, 0.2) is 71.3 Å². The Morgan fingerprint density at radius 1 is 0.469 bits per heavy atom. The number of aliphatic hydroxyl groups excluding tert-OH is 15. The van der Waals surface area contributed by atoms with Crippen molar-refractivity contribution in [1.29, 1.82) is 0 Å². The first-order chi connectivity index (χ1) is 69.1. The van der Waals surface area contributed by atoms with E-state index in [1.165, 1.54) is 90.3 Å². The van der Waals surface area contributed by atoms with Gasteiger partial charge < -0.3 is 164 Å². The predicted molar refractivity (Wildman–Crippen MR) is 521 cm³/mol. The highest BCUT2D eigenvalue weighted by Crippen LogP contribution is 2.38. The molecule has 53 nitrogen and oxygen atoms in total. The first kappa shape index (κ1) is 104. The molecule has 13 aliphatic rings. The molecule has 53 heteroatoms. The van der Waals surface area contributed by atoms with E-state index in [2.05, 4.69) is 151 Å². The van der Waals surface area contributed by atoms with Gasteiger partial charge >= 0.3 is 12.0 Å². The van der Waals surface area contributed by atoms with Crippen LogP contribution in [0.2, 0.25) is 0 Å². The van der Waals surface area contributed by atoms with Crippen LogP contribution < -0.4 is 54.2 Å². The number of ether oxygens (including phenoxy) is 7. The minimum atomic E-state index is -1.27. The summed E-state index contributed by atoms with van der Waals surface area (Å²) in [7, 11) is 0. The van der Waals surface area contributed by atoms with Gasteiger partial charge in [0.25, 0.3) is 0 Å². The molecule has 16 unspecified atom stereocenters. The zero-order chi connectivity index (χ0) is 101. The van der Waals surface area contributed by atoms with E-state index < -0.39 is 192 Å². The summed E-state index contributed by atoms with van der Waals surface area (Å²) in [5.41, 5.74) is 37.5. The number of nitrogens with zero attached hydrogens (tertiary/aromatic N) is 23. The Morgan fingerprint density at radius 3 is 1.31 bits per heavy atom. The summed E-state index contributed by atoms with van der Waals surface area (Å²) in [6.07, 6.45) is 4.04. The number of hydrogen-bond donors (Lipinski definition) is 23. The van der Waals surface area contributed by atoms with Gasteiger partial charge in [0.05, 0.1) is 77.9 Å². The molecule has 143 heavy (non-hydrogen) atoms. The average Bonchev–Trinajstić information content (AvgIpc) is 1.64. The van der Waals surface area contributed by atoms with Crippen LogP contribution >= 0.6 is 0 Å². The third-order valence-corrected chi connectivity index (χ3v) is 26.4. The van der Waals surface area contributed by atoms with Gasteiger partial charge in [-0.3, -0.25) is 24.1 Å². The Labute approximate surface area is 818 Å². The first-order valence-corrected chi connectivity index (χ1v) is 47.6. The minimum Gasteiger partial charge on any atom is -0.463 e. The Balaban J connectivity index is 0.000000129. The maximum absolute atomic E-state index is 10.3. The molecule has 26 atom stereocenters. The number of aliphatic imine (C=N–C) groups is 7. The van der Waals surface area contributed by atoms with E-state index in [4.69, 9.17) is 61.8 Å². The van der Waals surface area contributed by atoms with Gasteiger partial charge in [0.1, 0.15) is 140 Å². The van der Waals surface area contributed by atoms with E-state index >= 15 is 0 Å². The summed E-state index contributed by atoms with van der Waals surface area (Å²) in [5, 5.41) is 177. The second-order valence-corrected chi connectivity index (χ2v) is 36.8. The van der Waals surface area contributed by atoms with Crippen molar-refractivity contribution in [3.63, 3.8) is 0 Å². The number of fused-ring (bicyclic) bond motifs is 6. The van der Waals surface area contributed by atoms with Crippen molar-refractivity contribution < 1.29 is 110 Å². The molecule has 28 N–H and O–H groups in total. The Kier molecular flexibility index (Phi) is 34.0. The second kappa shape index (κ2) is 47.0. The number of nitrogen functional groups attached to an aromatic ring is 2. The number of aryl methyl sites for hydroxylation is 1. The molecule has 2 saturated carbocycles. The molecule has 0 radical (unpaired) electrons. The quantitative estimate of drug-likeness (QED) is 0.0189. The summed E-state index contributed by atoms with van der Waals surface area (Å²) < 4.78 is 42.2. The van der Waals surface area contributed by atoms with Gasteiger partial charge in [-0.15, -0.1) is 10.2 Å². The number of imidazole rings is 2. The first-order valence-electron chi connectivity index (χ1n) is 47.6. The Hall–Kier alpha value is -12.3. The van der Waals surface area contributed by atoms with Crippen LogP contribution in [0, 0.1) is 24.7 Å². The van der Waals surface area contributed by atoms with Crippen LogP contribution in [0.1, 0.15) is 114 Å². The summed E-state index contributed by atoms with van der Waals surface area (Å²) in [6.45, 7) is 4.84. The predicted octanol–water partition coefficient (Wildman–Crippen LogP) is -4.75. The maximum Gasteiger partial charge on any atom is 0.320 e. The SMILES string of the molecule is CC(C)C/C=N\NC1=NC2C(N=CN2C2OC(CO)[C@@H](O)[C@H]2O)C(N)=N1.Cc1ccc(CCOc2nc(N)c3ncn(C4OC(CO)[C@@H](O)[C@H]4O)c3n2)cc1.NC1=NC(=N/N=C\C2CCCCC2)NC2C1N=CN2C1OC(CO)[C@@H](O)[C@H]1O.NC1=NC(=N/N=C\C2CCCCC2)NC2C1N=CN2C1OC(CO)[C@@H](O)[C@H]1O.Nc1nc(OCCc2ccc3ccccc3c2)nc2c1ncn2C1OC(CO)[C@@H](O)[C@H]1O. The van der Waals surface area contributed by atoms with Crippen LogP contribution in [-0.4, -0.2) is 396 Å². The van der Waals surface area contributed by atoms with E-state index in [-0.39, 0.29) is 59.0 Å². The normalized spacial score (nSPS) is 32.5. The fourth-order valence-electron chi connectivity index (χ4n) is 18.3. The number of aliphatic hydroxyl groups is 15. The molecule has 772 valence electrons. The van der Waals surface area contributed by atoms with E-state index in [1.54, 1.807) is 20.9 Å². The smallest absolute Gasteiger partial charge is 0.320 e. The summed E-state index contributed by atoms with van der Waals surface area (Å²) >= 11 is 0. The lowest BCUT2D eigenvalue weighted by Gasteiger charge is -2.35. The molecular weight excluding hydrogens is 1870 g/mol. The van der Waals surface area contributed by atoms with Gasteiger partial charge in [-0.25, -0.2) is 20.4 Å². The monoisotopic (exact) mass is 1990 g/mol. The molecule has 0 spiro atoms. The number of amidine groups is 3.